The lowest BCUT2D eigenvalue weighted by atomic mass is 10.2. The first-order valence-corrected chi connectivity index (χ1v) is 5.40. The van der Waals surface area contributed by atoms with E-state index < -0.39 is 5.97 Å². The average Bonchev–Trinajstić information content (AvgIpc) is 2.29. The summed E-state index contributed by atoms with van der Waals surface area (Å²) in [6.45, 7) is 4.00. The molecule has 0 aliphatic heterocycles. The van der Waals surface area contributed by atoms with Crippen LogP contribution < -0.4 is 4.74 Å². The summed E-state index contributed by atoms with van der Waals surface area (Å²) in [5.74, 6) is -0.486. The van der Waals surface area contributed by atoms with Crippen molar-refractivity contribution >= 4 is 5.97 Å². The number of aliphatic hydroxyl groups is 1. The zero-order valence-electron chi connectivity index (χ0n) is 9.88. The first-order chi connectivity index (χ1) is 8.06. The smallest absolute Gasteiger partial charge is 0.358 e. The number of hydrogen-bond donors (Lipinski definition) is 2. The van der Waals surface area contributed by atoms with E-state index in [1.54, 1.807) is 0 Å². The van der Waals surface area contributed by atoms with E-state index in [1.807, 2.05) is 13.8 Å². The minimum Gasteiger partial charge on any atom is -0.489 e. The van der Waals surface area contributed by atoms with Gasteiger partial charge in [0.05, 0.1) is 12.8 Å². The van der Waals surface area contributed by atoms with Gasteiger partial charge in [-0.15, -0.1) is 0 Å². The summed E-state index contributed by atoms with van der Waals surface area (Å²) in [5.41, 5.74) is -0.137. The Morgan fingerprint density at radius 2 is 2.24 bits per heavy atom. The fourth-order valence-electron chi connectivity index (χ4n) is 1.17. The monoisotopic (exact) mass is 240 g/mol. The number of carboxylic acids is 1. The fourth-order valence-corrected chi connectivity index (χ4v) is 1.17. The number of nitrogens with zero attached hydrogens (tertiary/aromatic N) is 2. The second-order valence-corrected chi connectivity index (χ2v) is 3.83. The Morgan fingerprint density at radius 3 is 2.76 bits per heavy atom. The molecule has 0 radical (unpaired) electrons. The number of carboxylic acid groups (broad SMARTS) is 1. The van der Waals surface area contributed by atoms with E-state index in [0.717, 1.165) is 0 Å². The molecule has 0 atom stereocenters. The molecule has 1 heterocycles. The van der Waals surface area contributed by atoms with Crippen LogP contribution in [0.3, 0.4) is 0 Å². The molecule has 0 saturated heterocycles. The Kier molecular flexibility index (Phi) is 4.84. The second kappa shape index (κ2) is 6.15. The number of carbonyl (C=O) groups is 1. The van der Waals surface area contributed by atoms with Crippen LogP contribution in [0.15, 0.2) is 6.20 Å². The Bertz CT molecular complexity index is 393. The molecule has 0 saturated carbocycles. The van der Waals surface area contributed by atoms with Crippen LogP contribution in [0.4, 0.5) is 0 Å². The lowest BCUT2D eigenvalue weighted by Gasteiger charge is -2.10. The number of aliphatic hydroxyl groups excluding tert-OH is 1. The molecule has 6 heteroatoms. The third-order valence-corrected chi connectivity index (χ3v) is 2.05. The molecule has 0 aliphatic rings. The molecule has 17 heavy (non-hydrogen) atoms. The predicted octanol–water partition coefficient (Wildman–Crippen LogP) is 1.06. The van der Waals surface area contributed by atoms with Crippen LogP contribution in [0.5, 0.6) is 5.75 Å². The Labute approximate surface area is 99.3 Å². The first kappa shape index (κ1) is 13.4. The topological polar surface area (TPSA) is 92.5 Å². The van der Waals surface area contributed by atoms with Gasteiger partial charge in [-0.2, -0.15) is 0 Å². The second-order valence-electron chi connectivity index (χ2n) is 3.83. The maximum Gasteiger partial charge on any atom is 0.358 e. The fraction of sp³-hybridized carbons (Fsp3) is 0.545. The summed E-state index contributed by atoms with van der Waals surface area (Å²) in [6.07, 6.45) is 1.80. The van der Waals surface area contributed by atoms with Crippen LogP contribution in [0.1, 0.15) is 42.5 Å². The highest BCUT2D eigenvalue weighted by Crippen LogP contribution is 2.18. The molecule has 1 aromatic heterocycles. The number of hydrogen-bond acceptors (Lipinski definition) is 5. The number of ether oxygens (including phenoxy) is 1. The standard InChI is InChI=1S/C11H16N2O4/c1-7(2)10-12-6-8(17-5-3-4-14)9(13-10)11(15)16/h6-7,14H,3-5H2,1-2H3,(H,15,16). The van der Waals surface area contributed by atoms with Gasteiger partial charge in [-0.3, -0.25) is 0 Å². The Hall–Kier alpha value is -1.69. The van der Waals surface area contributed by atoms with Crippen molar-refractivity contribution in [3.63, 3.8) is 0 Å². The molecular weight excluding hydrogens is 224 g/mol. The van der Waals surface area contributed by atoms with Crippen molar-refractivity contribution in [3.8, 4) is 5.75 Å². The summed E-state index contributed by atoms with van der Waals surface area (Å²) >= 11 is 0. The molecule has 94 valence electrons. The summed E-state index contributed by atoms with van der Waals surface area (Å²) in [4.78, 5) is 19.0. The third kappa shape index (κ3) is 3.67. The van der Waals surface area contributed by atoms with E-state index in [2.05, 4.69) is 9.97 Å². The van der Waals surface area contributed by atoms with Gasteiger partial charge < -0.3 is 14.9 Å². The van der Waals surface area contributed by atoms with Crippen molar-refractivity contribution in [1.29, 1.82) is 0 Å². The number of aromatic nitrogens is 2. The van der Waals surface area contributed by atoms with Gasteiger partial charge in [-0.25, -0.2) is 14.8 Å². The van der Waals surface area contributed by atoms with Gasteiger partial charge in [-0.05, 0) is 0 Å². The molecule has 1 rings (SSSR count). The number of aromatic carboxylic acids is 1. The molecule has 0 unspecified atom stereocenters. The van der Waals surface area contributed by atoms with Gasteiger partial charge in [0, 0.05) is 18.9 Å². The summed E-state index contributed by atoms with van der Waals surface area (Å²) in [5, 5.41) is 17.6. The van der Waals surface area contributed by atoms with Gasteiger partial charge in [-0.1, -0.05) is 13.8 Å². The van der Waals surface area contributed by atoms with E-state index in [-0.39, 0.29) is 30.6 Å². The van der Waals surface area contributed by atoms with Gasteiger partial charge in [0.25, 0.3) is 0 Å². The Morgan fingerprint density at radius 1 is 1.53 bits per heavy atom. The molecule has 0 bridgehead atoms. The number of rotatable bonds is 6. The van der Waals surface area contributed by atoms with Crippen molar-refractivity contribution in [2.75, 3.05) is 13.2 Å². The molecule has 0 amide bonds. The maximum absolute atomic E-state index is 11.0. The summed E-state index contributed by atoms with van der Waals surface area (Å²) in [6, 6.07) is 0. The van der Waals surface area contributed by atoms with E-state index in [0.29, 0.717) is 12.2 Å². The largest absolute Gasteiger partial charge is 0.489 e. The van der Waals surface area contributed by atoms with E-state index >= 15 is 0 Å². The SMILES string of the molecule is CC(C)c1ncc(OCCCO)c(C(=O)O)n1. The zero-order valence-corrected chi connectivity index (χ0v) is 9.88. The lowest BCUT2D eigenvalue weighted by Crippen LogP contribution is -2.11. The van der Waals surface area contributed by atoms with Gasteiger partial charge >= 0.3 is 5.97 Å². The molecule has 6 nitrogen and oxygen atoms in total. The highest BCUT2D eigenvalue weighted by atomic mass is 16.5. The van der Waals surface area contributed by atoms with Crippen LogP contribution in [-0.2, 0) is 0 Å². The zero-order chi connectivity index (χ0) is 12.8. The normalized spacial score (nSPS) is 10.6. The molecule has 1 aromatic rings. The molecular formula is C11H16N2O4. The van der Waals surface area contributed by atoms with Gasteiger partial charge in [0.1, 0.15) is 5.82 Å². The first-order valence-electron chi connectivity index (χ1n) is 5.40. The summed E-state index contributed by atoms with van der Waals surface area (Å²) < 4.78 is 5.21. The van der Waals surface area contributed by atoms with E-state index in [4.69, 9.17) is 14.9 Å². The minimum absolute atomic E-state index is 0.00661. The summed E-state index contributed by atoms with van der Waals surface area (Å²) in [7, 11) is 0. The Balaban J connectivity index is 2.92. The molecule has 0 aliphatic carbocycles. The van der Waals surface area contributed by atoms with E-state index in [1.165, 1.54) is 6.20 Å². The van der Waals surface area contributed by atoms with Gasteiger partial charge in [0.15, 0.2) is 11.4 Å². The van der Waals surface area contributed by atoms with Crippen LogP contribution in [0, 0.1) is 0 Å². The van der Waals surface area contributed by atoms with Crippen molar-refractivity contribution in [3.05, 3.63) is 17.7 Å². The predicted molar refractivity (Wildman–Crippen MR) is 60.3 cm³/mol. The highest BCUT2D eigenvalue weighted by Gasteiger charge is 2.16. The van der Waals surface area contributed by atoms with Crippen LogP contribution in [0.25, 0.3) is 0 Å². The minimum atomic E-state index is -1.15. The maximum atomic E-state index is 11.0. The lowest BCUT2D eigenvalue weighted by molar-refractivity contribution is 0.0684. The quantitative estimate of drug-likeness (QED) is 0.722. The third-order valence-electron chi connectivity index (χ3n) is 2.05. The van der Waals surface area contributed by atoms with Crippen molar-refractivity contribution in [2.45, 2.75) is 26.2 Å². The van der Waals surface area contributed by atoms with Crippen LogP contribution >= 0.6 is 0 Å². The highest BCUT2D eigenvalue weighted by molar-refractivity contribution is 5.88. The van der Waals surface area contributed by atoms with Crippen molar-refractivity contribution in [2.24, 2.45) is 0 Å². The van der Waals surface area contributed by atoms with Crippen LogP contribution in [-0.4, -0.2) is 39.4 Å². The molecule has 0 fully saturated rings. The molecule has 0 aromatic carbocycles. The van der Waals surface area contributed by atoms with Crippen LogP contribution in [0.2, 0.25) is 0 Å². The average molecular weight is 240 g/mol. The molecule has 0 spiro atoms. The van der Waals surface area contributed by atoms with Crippen molar-refractivity contribution in [1.82, 2.24) is 9.97 Å². The van der Waals surface area contributed by atoms with Gasteiger partial charge in [0.2, 0.25) is 0 Å². The van der Waals surface area contributed by atoms with Crippen molar-refractivity contribution < 1.29 is 19.7 Å². The van der Waals surface area contributed by atoms with E-state index in [9.17, 15) is 4.79 Å². The molecule has 2 N–H and O–H groups in total.